The Morgan fingerprint density at radius 1 is 1.04 bits per heavy atom. The molecule has 10 nitrogen and oxygen atoms in total. The van der Waals surface area contributed by atoms with Crippen molar-refractivity contribution < 1.29 is 49.3 Å². The molecule has 0 radical (unpaired) electrons. The molecule has 0 spiro atoms. The Hall–Kier alpha value is -3.01. The molecule has 0 fully saturated rings. The maximum Gasteiger partial charge on any atom is 0.341 e. The Morgan fingerprint density at radius 2 is 1.52 bits per heavy atom. The minimum Gasteiger partial charge on any atom is -0.481 e. The van der Waals surface area contributed by atoms with Gasteiger partial charge < -0.3 is 25.5 Å². The molecule has 23 heavy (non-hydrogen) atoms. The van der Waals surface area contributed by atoms with E-state index in [-0.39, 0.29) is 0 Å². The van der Waals surface area contributed by atoms with E-state index >= 15 is 0 Å². The van der Waals surface area contributed by atoms with Crippen molar-refractivity contribution in [3.8, 4) is 0 Å². The largest absolute Gasteiger partial charge is 0.481 e. The molecule has 0 atom stereocenters. The summed E-state index contributed by atoms with van der Waals surface area (Å²) >= 11 is 0. The van der Waals surface area contributed by atoms with Crippen molar-refractivity contribution in [1.29, 1.82) is 0 Å². The molecule has 0 amide bonds. The summed E-state index contributed by atoms with van der Waals surface area (Å²) in [4.78, 5) is 40.8. The van der Waals surface area contributed by atoms with Crippen LogP contribution in [0.4, 0.5) is 0 Å². The second-order valence-corrected chi connectivity index (χ2v) is 4.54. The van der Waals surface area contributed by atoms with Gasteiger partial charge in [-0.25, -0.2) is 14.2 Å². The third-order valence-electron chi connectivity index (χ3n) is 2.47. The molecule has 0 saturated heterocycles. The summed E-state index contributed by atoms with van der Waals surface area (Å²) in [7, 11) is 1.78. The summed E-state index contributed by atoms with van der Waals surface area (Å²) in [5.74, 6) is -5.91. The number of rotatable bonds is 6. The lowest BCUT2D eigenvalue weighted by atomic mass is 9.96. The number of nitrogens with zero attached hydrogens (tertiary/aromatic N) is 1. The van der Waals surface area contributed by atoms with E-state index in [2.05, 4.69) is 0 Å². The SMILES string of the molecule is C[n+]1cccc(C(=O)O)c1.O=C(O)CC(O)(CC(=O)O)C(=O)O. The van der Waals surface area contributed by atoms with Gasteiger partial charge in [-0.1, -0.05) is 0 Å². The van der Waals surface area contributed by atoms with Crippen molar-refractivity contribution in [2.45, 2.75) is 18.4 Å². The molecule has 1 aromatic rings. The van der Waals surface area contributed by atoms with E-state index < -0.39 is 42.3 Å². The molecule has 1 aromatic heterocycles. The van der Waals surface area contributed by atoms with Crippen molar-refractivity contribution >= 4 is 23.9 Å². The van der Waals surface area contributed by atoms with E-state index in [0.29, 0.717) is 5.56 Å². The van der Waals surface area contributed by atoms with Crippen LogP contribution >= 0.6 is 0 Å². The highest BCUT2D eigenvalue weighted by Gasteiger charge is 2.40. The highest BCUT2D eigenvalue weighted by Crippen LogP contribution is 2.15. The lowest BCUT2D eigenvalue weighted by Crippen LogP contribution is -2.42. The number of carboxylic acid groups (broad SMARTS) is 4. The molecule has 1 rings (SSSR count). The van der Waals surface area contributed by atoms with Crippen LogP contribution in [0, 0.1) is 0 Å². The average molecular weight is 330 g/mol. The summed E-state index contributed by atoms with van der Waals surface area (Å²) in [6, 6.07) is 3.26. The van der Waals surface area contributed by atoms with Crippen molar-refractivity contribution in [3.05, 3.63) is 30.1 Å². The lowest BCUT2D eigenvalue weighted by Gasteiger charge is -2.18. The topological polar surface area (TPSA) is 173 Å². The smallest absolute Gasteiger partial charge is 0.341 e. The van der Waals surface area contributed by atoms with Gasteiger partial charge in [0, 0.05) is 6.07 Å². The summed E-state index contributed by atoms with van der Waals surface area (Å²) in [6.07, 6.45) is 1.05. The fraction of sp³-hybridized carbons (Fsp3) is 0.308. The zero-order valence-corrected chi connectivity index (χ0v) is 12.0. The summed E-state index contributed by atoms with van der Waals surface area (Å²) in [5.41, 5.74) is -2.43. The first-order chi connectivity index (χ1) is 10.5. The number of pyridine rings is 1. The van der Waals surface area contributed by atoms with Crippen LogP contribution in [-0.2, 0) is 21.4 Å². The highest BCUT2D eigenvalue weighted by molar-refractivity contribution is 5.88. The number of carboxylic acids is 4. The van der Waals surface area contributed by atoms with Crippen LogP contribution in [0.15, 0.2) is 24.5 Å². The van der Waals surface area contributed by atoms with Gasteiger partial charge in [0.1, 0.15) is 12.6 Å². The predicted molar refractivity (Wildman–Crippen MR) is 71.7 cm³/mol. The van der Waals surface area contributed by atoms with Crippen molar-refractivity contribution in [3.63, 3.8) is 0 Å². The van der Waals surface area contributed by atoms with E-state index in [9.17, 15) is 19.2 Å². The molecular formula is C13H16NO9+. The van der Waals surface area contributed by atoms with Crippen molar-refractivity contribution in [2.75, 3.05) is 0 Å². The minimum atomic E-state index is -2.74. The van der Waals surface area contributed by atoms with Crippen molar-refractivity contribution in [1.82, 2.24) is 0 Å². The Bertz CT molecular complexity index is 595. The second kappa shape index (κ2) is 8.44. The zero-order chi connectivity index (χ0) is 18.2. The third-order valence-corrected chi connectivity index (χ3v) is 2.47. The number of aryl methyl sites for hydroxylation is 1. The number of aromatic nitrogens is 1. The van der Waals surface area contributed by atoms with Crippen LogP contribution in [0.1, 0.15) is 23.2 Å². The Kier molecular flexibility index (Phi) is 7.33. The van der Waals surface area contributed by atoms with Crippen LogP contribution in [-0.4, -0.2) is 55.0 Å². The number of aliphatic hydroxyl groups is 1. The van der Waals surface area contributed by atoms with Gasteiger partial charge in [0.2, 0.25) is 0 Å². The zero-order valence-electron chi connectivity index (χ0n) is 12.0. The van der Waals surface area contributed by atoms with E-state index in [0.717, 1.165) is 0 Å². The number of aliphatic carboxylic acids is 3. The second-order valence-electron chi connectivity index (χ2n) is 4.54. The molecule has 0 aliphatic heterocycles. The van der Waals surface area contributed by atoms with Crippen molar-refractivity contribution in [2.24, 2.45) is 7.05 Å². The highest BCUT2D eigenvalue weighted by atomic mass is 16.4. The molecule has 126 valence electrons. The molecular weight excluding hydrogens is 314 g/mol. The molecule has 0 unspecified atom stereocenters. The lowest BCUT2D eigenvalue weighted by molar-refractivity contribution is -0.671. The summed E-state index contributed by atoms with van der Waals surface area (Å²) in [5, 5.41) is 42.3. The maximum atomic E-state index is 10.3. The third kappa shape index (κ3) is 7.52. The van der Waals surface area contributed by atoms with Crippen LogP contribution in [0.5, 0.6) is 0 Å². The monoisotopic (exact) mass is 330 g/mol. The first-order valence-corrected chi connectivity index (χ1v) is 6.06. The molecule has 1 heterocycles. The Labute approximate surface area is 129 Å². The van der Waals surface area contributed by atoms with Crippen LogP contribution in [0.2, 0.25) is 0 Å². The normalized spacial score (nSPS) is 10.2. The quantitative estimate of drug-likeness (QED) is 0.408. The first-order valence-electron chi connectivity index (χ1n) is 6.06. The average Bonchev–Trinajstić information content (AvgIpc) is 2.37. The molecule has 0 saturated carbocycles. The Morgan fingerprint density at radius 3 is 1.78 bits per heavy atom. The summed E-state index contributed by atoms with van der Waals surface area (Å²) in [6.45, 7) is 0. The van der Waals surface area contributed by atoms with E-state index in [1.54, 1.807) is 36.1 Å². The maximum absolute atomic E-state index is 10.3. The van der Waals surface area contributed by atoms with Gasteiger partial charge in [-0.3, -0.25) is 9.59 Å². The van der Waals surface area contributed by atoms with E-state index in [1.807, 2.05) is 0 Å². The van der Waals surface area contributed by atoms with Gasteiger partial charge in [0.15, 0.2) is 18.0 Å². The number of carbonyl (C=O) groups is 4. The molecule has 0 aliphatic carbocycles. The fourth-order valence-electron chi connectivity index (χ4n) is 1.43. The molecule has 0 aromatic carbocycles. The predicted octanol–water partition coefficient (Wildman–Crippen LogP) is -1.04. The number of aromatic carboxylic acids is 1. The van der Waals surface area contributed by atoms with Gasteiger partial charge in [-0.05, 0) is 6.07 Å². The number of hydrogen-bond acceptors (Lipinski definition) is 5. The van der Waals surface area contributed by atoms with Gasteiger partial charge in [0.25, 0.3) is 0 Å². The number of hydrogen-bond donors (Lipinski definition) is 5. The molecule has 5 N–H and O–H groups in total. The van der Waals surface area contributed by atoms with Crippen LogP contribution in [0.3, 0.4) is 0 Å². The van der Waals surface area contributed by atoms with Gasteiger partial charge in [-0.2, -0.15) is 0 Å². The van der Waals surface area contributed by atoms with E-state index in [1.165, 1.54) is 0 Å². The first kappa shape index (κ1) is 20.0. The van der Waals surface area contributed by atoms with E-state index in [4.69, 9.17) is 25.5 Å². The molecule has 10 heteroatoms. The summed E-state index contributed by atoms with van der Waals surface area (Å²) < 4.78 is 1.70. The van der Waals surface area contributed by atoms with Gasteiger partial charge >= 0.3 is 23.9 Å². The Balaban J connectivity index is 0.000000433. The minimum absolute atomic E-state index is 0.310. The fourth-order valence-corrected chi connectivity index (χ4v) is 1.43. The van der Waals surface area contributed by atoms with Crippen LogP contribution in [0.25, 0.3) is 0 Å². The standard InChI is InChI=1S/C7H7NO2.C6H8O7/c1-8-4-2-3-6(5-8)7(9)10;7-3(8)1-6(13,5(11)12)2-4(9)10/h2-5H,1H3;13H,1-2H2,(H,7,8)(H,9,10)(H,11,12)/p+1. The van der Waals surface area contributed by atoms with Crippen LogP contribution < -0.4 is 4.57 Å². The van der Waals surface area contributed by atoms with Gasteiger partial charge in [-0.15, -0.1) is 0 Å². The van der Waals surface area contributed by atoms with Gasteiger partial charge in [0.05, 0.1) is 12.8 Å². The molecule has 0 aliphatic rings. The molecule has 0 bridgehead atoms.